The van der Waals surface area contributed by atoms with Gasteiger partial charge in [0.1, 0.15) is 24.5 Å². The minimum absolute atomic E-state index is 0. The minimum Gasteiger partial charge on any atom is -0.748 e. The Morgan fingerprint density at radius 1 is 1.29 bits per heavy atom. The van der Waals surface area contributed by atoms with Crippen LogP contribution in [0.25, 0.3) is 0 Å². The molecule has 1 rings (SSSR count). The van der Waals surface area contributed by atoms with Crippen LogP contribution in [0.4, 0.5) is 0 Å². The fourth-order valence-electron chi connectivity index (χ4n) is 1.31. The Morgan fingerprint density at radius 2 is 1.88 bits per heavy atom. The Balaban J connectivity index is 0.00000256. The predicted molar refractivity (Wildman–Crippen MR) is 50.3 cm³/mol. The van der Waals surface area contributed by atoms with Crippen LogP contribution in [0.2, 0.25) is 0 Å². The van der Waals surface area contributed by atoms with Crippen molar-refractivity contribution >= 4 is 10.1 Å². The van der Waals surface area contributed by atoms with Crippen molar-refractivity contribution in [3.8, 4) is 0 Å². The second kappa shape index (κ2) is 7.34. The van der Waals surface area contributed by atoms with E-state index in [9.17, 15) is 23.2 Å². The number of hydrogen-bond acceptors (Lipinski definition) is 8. The third-order valence-electron chi connectivity index (χ3n) is 2.20. The van der Waals surface area contributed by atoms with Crippen molar-refractivity contribution in [1.29, 1.82) is 0 Å². The van der Waals surface area contributed by atoms with Crippen LogP contribution in [-0.4, -0.2) is 71.7 Å². The SMILES string of the molecule is O=S(=O)([O-])CCN[C@@H]1OC[C@@H](O)[C@H](O)[C@H]1O.[Na+]. The molecule has 0 unspecified atom stereocenters. The van der Waals surface area contributed by atoms with E-state index in [0.29, 0.717) is 0 Å². The molecular weight excluding hydrogens is 265 g/mol. The van der Waals surface area contributed by atoms with Gasteiger partial charge in [-0.05, 0) is 0 Å². The maximum absolute atomic E-state index is 10.3. The molecule has 0 aromatic heterocycles. The van der Waals surface area contributed by atoms with Crippen molar-refractivity contribution in [2.24, 2.45) is 0 Å². The average Bonchev–Trinajstić information content (AvgIpc) is 2.16. The molecule has 1 saturated heterocycles. The largest absolute Gasteiger partial charge is 1.00 e. The monoisotopic (exact) mass is 279 g/mol. The Bertz CT molecular complexity index is 324. The van der Waals surface area contributed by atoms with Crippen LogP contribution in [0, 0.1) is 0 Å². The van der Waals surface area contributed by atoms with E-state index in [0.717, 1.165) is 0 Å². The van der Waals surface area contributed by atoms with E-state index in [1.165, 1.54) is 0 Å². The van der Waals surface area contributed by atoms with E-state index in [-0.39, 0.29) is 42.7 Å². The Labute approximate surface area is 121 Å². The second-order valence-electron chi connectivity index (χ2n) is 3.52. The van der Waals surface area contributed by atoms with Crippen LogP contribution >= 0.6 is 0 Å². The molecule has 1 fully saturated rings. The molecule has 0 aromatic rings. The first kappa shape index (κ1) is 17.7. The van der Waals surface area contributed by atoms with Gasteiger partial charge in [-0.15, -0.1) is 0 Å². The Kier molecular flexibility index (Phi) is 7.64. The van der Waals surface area contributed by atoms with Gasteiger partial charge in [-0.2, -0.15) is 0 Å². The van der Waals surface area contributed by atoms with Crippen molar-refractivity contribution in [3.05, 3.63) is 0 Å². The van der Waals surface area contributed by atoms with Gasteiger partial charge in [0, 0.05) is 6.54 Å². The molecule has 4 N–H and O–H groups in total. The summed E-state index contributed by atoms with van der Waals surface area (Å²) in [6, 6.07) is 0. The van der Waals surface area contributed by atoms with Gasteiger partial charge in [0.15, 0.2) is 0 Å². The van der Waals surface area contributed by atoms with Crippen molar-refractivity contribution < 1.29 is 62.6 Å². The van der Waals surface area contributed by atoms with Crippen LogP contribution < -0.4 is 34.9 Å². The van der Waals surface area contributed by atoms with Gasteiger partial charge in [0.25, 0.3) is 0 Å². The van der Waals surface area contributed by atoms with Crippen LogP contribution in [0.3, 0.4) is 0 Å². The third-order valence-corrected chi connectivity index (χ3v) is 2.90. The summed E-state index contributed by atoms with van der Waals surface area (Å²) >= 11 is 0. The maximum Gasteiger partial charge on any atom is 1.00 e. The number of hydrogen-bond donors (Lipinski definition) is 4. The standard InChI is InChI=1S/C7H15NO7S.Na/c9-4-3-15-7(6(11)5(4)10)8-1-2-16(12,13)14;/h4-11H,1-3H2,(H,12,13,14);/q;+1/p-1/t4-,5+,6-,7-;/m1./s1. The summed E-state index contributed by atoms with van der Waals surface area (Å²) in [7, 11) is -4.33. The summed E-state index contributed by atoms with van der Waals surface area (Å²) in [5, 5.41) is 30.3. The molecule has 8 nitrogen and oxygen atoms in total. The number of ether oxygens (including phenoxy) is 1. The van der Waals surface area contributed by atoms with Crippen LogP contribution in [0.1, 0.15) is 0 Å². The molecule has 0 aliphatic carbocycles. The van der Waals surface area contributed by atoms with E-state index < -0.39 is 40.4 Å². The van der Waals surface area contributed by atoms with E-state index in [2.05, 4.69) is 5.32 Å². The Hall–Kier alpha value is 0.710. The summed E-state index contributed by atoms with van der Waals surface area (Å²) in [6.07, 6.45) is -4.93. The summed E-state index contributed by atoms with van der Waals surface area (Å²) in [4.78, 5) is 0. The second-order valence-corrected chi connectivity index (χ2v) is 5.04. The quantitative estimate of drug-likeness (QED) is 0.294. The maximum atomic E-state index is 10.3. The molecule has 0 bridgehead atoms. The first-order valence-corrected chi connectivity index (χ1v) is 6.22. The molecule has 1 aliphatic heterocycles. The van der Waals surface area contributed by atoms with E-state index in [1.807, 2.05) is 0 Å². The molecule has 17 heavy (non-hydrogen) atoms. The van der Waals surface area contributed by atoms with Crippen molar-refractivity contribution in [1.82, 2.24) is 5.32 Å². The van der Waals surface area contributed by atoms with Gasteiger partial charge in [0.2, 0.25) is 0 Å². The molecule has 0 aromatic carbocycles. The zero-order valence-electron chi connectivity index (χ0n) is 9.31. The number of aliphatic hydroxyl groups excluding tert-OH is 3. The molecule has 0 radical (unpaired) electrons. The first-order chi connectivity index (χ1) is 7.31. The molecule has 96 valence electrons. The summed E-state index contributed by atoms with van der Waals surface area (Å²) in [6.45, 7) is -0.379. The fourth-order valence-corrected chi connectivity index (χ4v) is 1.68. The number of rotatable bonds is 4. The van der Waals surface area contributed by atoms with Gasteiger partial charge < -0.3 is 24.6 Å². The number of nitrogens with one attached hydrogen (secondary N) is 1. The third kappa shape index (κ3) is 5.92. The van der Waals surface area contributed by atoms with Crippen molar-refractivity contribution in [2.45, 2.75) is 24.5 Å². The molecule has 1 heterocycles. The van der Waals surface area contributed by atoms with E-state index in [4.69, 9.17) is 9.84 Å². The summed E-state index contributed by atoms with van der Waals surface area (Å²) in [5.74, 6) is -0.641. The molecule has 4 atom stereocenters. The van der Waals surface area contributed by atoms with Crippen LogP contribution in [0.5, 0.6) is 0 Å². The molecule has 10 heteroatoms. The van der Waals surface area contributed by atoms with Crippen molar-refractivity contribution in [3.63, 3.8) is 0 Å². The van der Waals surface area contributed by atoms with E-state index in [1.54, 1.807) is 0 Å². The molecular formula is C7H14NNaO7S. The van der Waals surface area contributed by atoms with Gasteiger partial charge in [-0.25, -0.2) is 8.42 Å². The van der Waals surface area contributed by atoms with Crippen LogP contribution in [-0.2, 0) is 14.9 Å². The van der Waals surface area contributed by atoms with Gasteiger partial charge in [-0.3, -0.25) is 5.32 Å². The summed E-state index contributed by atoms with van der Waals surface area (Å²) < 4.78 is 35.8. The normalized spacial score (nSPS) is 34.1. The van der Waals surface area contributed by atoms with Crippen LogP contribution in [0.15, 0.2) is 0 Å². The van der Waals surface area contributed by atoms with Gasteiger partial charge >= 0.3 is 29.6 Å². The summed E-state index contributed by atoms with van der Waals surface area (Å²) in [5.41, 5.74) is 0. The zero-order valence-corrected chi connectivity index (χ0v) is 12.1. The first-order valence-electron chi connectivity index (χ1n) is 4.64. The molecule has 0 amide bonds. The van der Waals surface area contributed by atoms with E-state index >= 15 is 0 Å². The van der Waals surface area contributed by atoms with Gasteiger partial charge in [-0.1, -0.05) is 0 Å². The zero-order chi connectivity index (χ0) is 12.3. The number of aliphatic hydroxyl groups is 3. The Morgan fingerprint density at radius 3 is 2.41 bits per heavy atom. The molecule has 1 aliphatic rings. The minimum atomic E-state index is -4.33. The van der Waals surface area contributed by atoms with Crippen molar-refractivity contribution in [2.75, 3.05) is 18.9 Å². The predicted octanol–water partition coefficient (Wildman–Crippen LogP) is -6.44. The smallest absolute Gasteiger partial charge is 0.748 e. The average molecular weight is 279 g/mol. The fraction of sp³-hybridized carbons (Fsp3) is 1.00. The molecule has 0 saturated carbocycles. The molecule has 0 spiro atoms. The van der Waals surface area contributed by atoms with Gasteiger partial charge in [0.05, 0.1) is 22.5 Å². The topological polar surface area (TPSA) is 139 Å².